The second-order valence-corrected chi connectivity index (χ2v) is 14.7. The molecule has 0 N–H and O–H groups in total. The maximum Gasteiger partial charge on any atom is 0.140 e. The Labute approximate surface area is 179 Å². The zero-order chi connectivity index (χ0) is 21.1. The fraction of sp³-hybridized carbons (Fsp3) is 0.500. The first kappa shape index (κ1) is 21.0. The summed E-state index contributed by atoms with van der Waals surface area (Å²) in [5.41, 5.74) is 3.77. The van der Waals surface area contributed by atoms with E-state index in [0.29, 0.717) is 19.9 Å². The van der Waals surface area contributed by atoms with E-state index in [0.717, 1.165) is 47.3 Å². The van der Waals surface area contributed by atoms with Crippen molar-refractivity contribution in [1.82, 2.24) is 19.7 Å². The maximum absolute atomic E-state index is 5.98. The average molecular weight is 426 g/mol. The molecule has 1 fully saturated rings. The number of fused-ring (bicyclic) bond motifs is 1. The van der Waals surface area contributed by atoms with Gasteiger partial charge in [-0.25, -0.2) is 9.67 Å². The van der Waals surface area contributed by atoms with Crippen LogP contribution in [0.25, 0.3) is 22.3 Å². The SMILES string of the molecule is CC1COCCN1c1cc(-c2ccccn2)c2c(cnn2COCC[Si](C)(C)C)n1. The van der Waals surface area contributed by atoms with Gasteiger partial charge in [-0.2, -0.15) is 5.10 Å². The Kier molecular flexibility index (Phi) is 6.17. The van der Waals surface area contributed by atoms with E-state index in [-0.39, 0.29) is 6.04 Å². The lowest BCUT2D eigenvalue weighted by Crippen LogP contribution is -2.44. The molecule has 7 nitrogen and oxygen atoms in total. The third-order valence-electron chi connectivity index (χ3n) is 5.40. The van der Waals surface area contributed by atoms with Crippen molar-refractivity contribution < 1.29 is 9.47 Å². The van der Waals surface area contributed by atoms with Crippen molar-refractivity contribution in [3.8, 4) is 11.3 Å². The average Bonchev–Trinajstić information content (AvgIpc) is 3.14. The van der Waals surface area contributed by atoms with Crippen LogP contribution in [-0.4, -0.2) is 60.2 Å². The first-order valence-corrected chi connectivity index (χ1v) is 14.3. The minimum absolute atomic E-state index is 0.278. The van der Waals surface area contributed by atoms with Gasteiger partial charge in [0.25, 0.3) is 0 Å². The van der Waals surface area contributed by atoms with Crippen LogP contribution in [-0.2, 0) is 16.2 Å². The number of nitrogens with zero attached hydrogens (tertiary/aromatic N) is 5. The van der Waals surface area contributed by atoms with Crippen LogP contribution in [0, 0.1) is 0 Å². The van der Waals surface area contributed by atoms with E-state index in [2.05, 4.69) is 47.6 Å². The van der Waals surface area contributed by atoms with Crippen LogP contribution in [0.1, 0.15) is 6.92 Å². The van der Waals surface area contributed by atoms with Gasteiger partial charge in [0.2, 0.25) is 0 Å². The fourth-order valence-electron chi connectivity index (χ4n) is 3.65. The third-order valence-corrected chi connectivity index (χ3v) is 7.10. The van der Waals surface area contributed by atoms with Gasteiger partial charge < -0.3 is 14.4 Å². The van der Waals surface area contributed by atoms with Crippen molar-refractivity contribution in [3.05, 3.63) is 36.7 Å². The molecule has 1 unspecified atom stereocenters. The molecule has 8 heteroatoms. The Bertz CT molecular complexity index is 986. The number of rotatable bonds is 7. The molecule has 0 bridgehead atoms. The number of hydrogen-bond acceptors (Lipinski definition) is 6. The minimum Gasteiger partial charge on any atom is -0.377 e. The van der Waals surface area contributed by atoms with E-state index in [4.69, 9.17) is 14.5 Å². The molecule has 0 amide bonds. The summed E-state index contributed by atoms with van der Waals surface area (Å²) in [5.74, 6) is 0.943. The van der Waals surface area contributed by atoms with Crippen LogP contribution >= 0.6 is 0 Å². The highest BCUT2D eigenvalue weighted by Crippen LogP contribution is 2.31. The number of morpholine rings is 1. The van der Waals surface area contributed by atoms with Gasteiger partial charge in [0.1, 0.15) is 18.1 Å². The van der Waals surface area contributed by atoms with E-state index in [9.17, 15) is 0 Å². The molecule has 1 atom stereocenters. The fourth-order valence-corrected chi connectivity index (χ4v) is 4.40. The Morgan fingerprint density at radius 2 is 2.13 bits per heavy atom. The molecule has 0 aromatic carbocycles. The molecular formula is C22H31N5O2Si. The van der Waals surface area contributed by atoms with E-state index >= 15 is 0 Å². The molecule has 3 aromatic rings. The topological polar surface area (TPSA) is 65.3 Å². The summed E-state index contributed by atoms with van der Waals surface area (Å²) in [4.78, 5) is 11.8. The quantitative estimate of drug-likeness (QED) is 0.421. The Morgan fingerprint density at radius 1 is 1.27 bits per heavy atom. The zero-order valence-corrected chi connectivity index (χ0v) is 19.3. The monoisotopic (exact) mass is 425 g/mol. The van der Waals surface area contributed by atoms with Gasteiger partial charge >= 0.3 is 0 Å². The van der Waals surface area contributed by atoms with Crippen LogP contribution in [0.5, 0.6) is 0 Å². The summed E-state index contributed by atoms with van der Waals surface area (Å²) in [6.07, 6.45) is 3.65. The van der Waals surface area contributed by atoms with Crippen LogP contribution in [0.2, 0.25) is 25.7 Å². The van der Waals surface area contributed by atoms with Crippen LogP contribution in [0.3, 0.4) is 0 Å². The second-order valence-electron chi connectivity index (χ2n) is 9.09. The molecule has 0 spiro atoms. The first-order valence-electron chi connectivity index (χ1n) is 10.6. The zero-order valence-electron chi connectivity index (χ0n) is 18.3. The summed E-state index contributed by atoms with van der Waals surface area (Å²) in [5, 5.41) is 4.59. The number of hydrogen-bond donors (Lipinski definition) is 0. The molecule has 0 aliphatic carbocycles. The van der Waals surface area contributed by atoms with Gasteiger partial charge in [-0.05, 0) is 31.2 Å². The van der Waals surface area contributed by atoms with Gasteiger partial charge in [-0.15, -0.1) is 0 Å². The molecule has 160 valence electrons. The third kappa shape index (κ3) is 4.71. The Hall–Kier alpha value is -2.29. The van der Waals surface area contributed by atoms with E-state index < -0.39 is 8.07 Å². The highest BCUT2D eigenvalue weighted by atomic mass is 28.3. The summed E-state index contributed by atoms with van der Waals surface area (Å²) < 4.78 is 13.5. The summed E-state index contributed by atoms with van der Waals surface area (Å²) in [6.45, 7) is 12.7. The van der Waals surface area contributed by atoms with Crippen molar-refractivity contribution in [3.63, 3.8) is 0 Å². The molecule has 1 aliphatic heterocycles. The predicted molar refractivity (Wildman–Crippen MR) is 122 cm³/mol. The normalized spacial score (nSPS) is 17.6. The number of ether oxygens (including phenoxy) is 2. The molecule has 0 saturated carbocycles. The highest BCUT2D eigenvalue weighted by molar-refractivity contribution is 6.76. The first-order chi connectivity index (χ1) is 14.4. The smallest absolute Gasteiger partial charge is 0.140 e. The molecular weight excluding hydrogens is 394 g/mol. The second kappa shape index (κ2) is 8.83. The highest BCUT2D eigenvalue weighted by Gasteiger charge is 2.23. The van der Waals surface area contributed by atoms with Gasteiger partial charge in [0, 0.05) is 33.0 Å². The van der Waals surface area contributed by atoms with E-state index in [1.165, 1.54) is 0 Å². The molecule has 0 radical (unpaired) electrons. The van der Waals surface area contributed by atoms with E-state index in [1.54, 1.807) is 0 Å². The van der Waals surface area contributed by atoms with Crippen LogP contribution in [0.4, 0.5) is 5.82 Å². The molecule has 3 aromatic heterocycles. The van der Waals surface area contributed by atoms with E-state index in [1.807, 2.05) is 35.3 Å². The lowest BCUT2D eigenvalue weighted by Gasteiger charge is -2.34. The number of anilines is 1. The van der Waals surface area contributed by atoms with Crippen molar-refractivity contribution in [2.24, 2.45) is 0 Å². The van der Waals surface area contributed by atoms with Gasteiger partial charge in [0.05, 0.1) is 36.7 Å². The van der Waals surface area contributed by atoms with Gasteiger partial charge in [0.15, 0.2) is 0 Å². The summed E-state index contributed by atoms with van der Waals surface area (Å²) in [7, 11) is -1.12. The summed E-state index contributed by atoms with van der Waals surface area (Å²) in [6, 6.07) is 9.52. The standard InChI is InChI=1S/C22H31N5O2Si/c1-17-15-28-10-9-26(17)21-13-18(19-7-5-6-8-23-19)22-20(25-21)14-24-27(22)16-29-11-12-30(2,3)4/h5-8,13-14,17H,9-12,15-16H2,1-4H3. The van der Waals surface area contributed by atoms with Crippen molar-refractivity contribution in [2.45, 2.75) is 45.4 Å². The molecule has 1 aliphatic rings. The van der Waals surface area contributed by atoms with Crippen molar-refractivity contribution >= 4 is 24.9 Å². The largest absolute Gasteiger partial charge is 0.377 e. The lowest BCUT2D eigenvalue weighted by molar-refractivity contribution is 0.0817. The van der Waals surface area contributed by atoms with Crippen LogP contribution < -0.4 is 4.90 Å². The number of aromatic nitrogens is 4. The van der Waals surface area contributed by atoms with Crippen LogP contribution in [0.15, 0.2) is 36.7 Å². The molecule has 1 saturated heterocycles. The predicted octanol–water partition coefficient (Wildman–Crippen LogP) is 4.03. The molecule has 4 rings (SSSR count). The Balaban J connectivity index is 1.70. The van der Waals surface area contributed by atoms with Gasteiger partial charge in [-0.1, -0.05) is 25.7 Å². The van der Waals surface area contributed by atoms with Crippen molar-refractivity contribution in [1.29, 1.82) is 0 Å². The maximum atomic E-state index is 5.98. The minimum atomic E-state index is -1.12. The Morgan fingerprint density at radius 3 is 2.87 bits per heavy atom. The van der Waals surface area contributed by atoms with Gasteiger partial charge in [-0.3, -0.25) is 4.98 Å². The van der Waals surface area contributed by atoms with Crippen molar-refractivity contribution in [2.75, 3.05) is 31.3 Å². The molecule has 4 heterocycles. The molecule has 30 heavy (non-hydrogen) atoms. The number of pyridine rings is 2. The summed E-state index contributed by atoms with van der Waals surface area (Å²) >= 11 is 0. The lowest BCUT2D eigenvalue weighted by atomic mass is 10.1.